The van der Waals surface area contributed by atoms with Gasteiger partial charge in [-0.2, -0.15) is 0 Å². The molecule has 0 aromatic carbocycles. The molecule has 0 radical (unpaired) electrons. The van der Waals surface area contributed by atoms with Gasteiger partial charge in [-0.3, -0.25) is 9.59 Å². The second-order valence-corrected chi connectivity index (χ2v) is 14.6. The van der Waals surface area contributed by atoms with Crippen molar-refractivity contribution in [3.05, 3.63) is 28.5 Å². The van der Waals surface area contributed by atoms with Crippen molar-refractivity contribution in [2.75, 3.05) is 23.4 Å². The van der Waals surface area contributed by atoms with Gasteiger partial charge in [0.05, 0.1) is 22.9 Å². The molecule has 0 spiro atoms. The lowest BCUT2D eigenvalue weighted by Gasteiger charge is -2.22. The highest BCUT2D eigenvalue weighted by molar-refractivity contribution is 7.91. The van der Waals surface area contributed by atoms with Gasteiger partial charge in [-0.15, -0.1) is 11.3 Å². The van der Waals surface area contributed by atoms with Crippen LogP contribution in [-0.4, -0.2) is 76.7 Å². The van der Waals surface area contributed by atoms with Crippen LogP contribution in [0.3, 0.4) is 0 Å². The molecule has 2 amide bonds. The molecule has 0 saturated carbocycles. The van der Waals surface area contributed by atoms with Gasteiger partial charge in [-0.1, -0.05) is 0 Å². The Morgan fingerprint density at radius 1 is 1.20 bits per heavy atom. The number of anilines is 1. The van der Waals surface area contributed by atoms with Crippen molar-refractivity contribution in [1.29, 1.82) is 0 Å². The fraction of sp³-hybridized carbons (Fsp3) is 0.600. The van der Waals surface area contributed by atoms with Crippen molar-refractivity contribution < 1.29 is 35.6 Å². The molecule has 1 atom stereocenters. The Morgan fingerprint density at radius 3 is 2.40 bits per heavy atom. The molecule has 2 N–H and O–H groups in total. The Morgan fingerprint density at radius 2 is 1.85 bits per heavy atom. The minimum atomic E-state index is -3.18. The van der Waals surface area contributed by atoms with E-state index in [1.807, 2.05) is 20.8 Å². The van der Waals surface area contributed by atoms with Gasteiger partial charge in [0.15, 0.2) is 5.01 Å². The first-order chi connectivity index (χ1) is 18.4. The number of rotatable bonds is 6. The second kappa shape index (κ2) is 10.9. The molecule has 2 aromatic rings. The van der Waals surface area contributed by atoms with Crippen LogP contribution in [0.1, 0.15) is 79.2 Å². The summed E-state index contributed by atoms with van der Waals surface area (Å²) in [7, 11) is -3.18. The fourth-order valence-electron chi connectivity index (χ4n) is 4.74. The highest BCUT2D eigenvalue weighted by Gasteiger charge is 2.46. The quantitative estimate of drug-likeness (QED) is 0.464. The number of aromatic nitrogens is 2. The summed E-state index contributed by atoms with van der Waals surface area (Å²) in [6.45, 7) is 6.06. The maximum atomic E-state index is 14.3. The second-order valence-electron chi connectivity index (χ2n) is 11.3. The lowest BCUT2D eigenvalue weighted by atomic mass is 10.1. The summed E-state index contributed by atoms with van der Waals surface area (Å²) in [5.74, 6) is -4.76. The summed E-state index contributed by atoms with van der Waals surface area (Å²) in [6, 6.07) is -0.154. The van der Waals surface area contributed by atoms with Crippen molar-refractivity contribution in [2.45, 2.75) is 76.9 Å². The van der Waals surface area contributed by atoms with Crippen LogP contribution in [0.4, 0.5) is 23.4 Å². The van der Waals surface area contributed by atoms with Gasteiger partial charge in [-0.05, 0) is 46.6 Å². The molecule has 4 heterocycles. The topological polar surface area (TPSA) is 121 Å². The Hall–Kier alpha value is -2.81. The number of likely N-dealkylation sites (tertiary alicyclic amines) is 1. The SMILES string of the molecule is C[C@H]1CC(F)(F)CN1C(=O)c1nc(C(=O)NC2CCS(=O)(=O)CC2)sc1-c1cnc(NC(C)(C)C)cc1C(F)F. The summed E-state index contributed by atoms with van der Waals surface area (Å²) in [5.41, 5.74) is -1.49. The van der Waals surface area contributed by atoms with E-state index >= 15 is 0 Å². The number of sulfone groups is 1. The Bertz CT molecular complexity index is 1390. The average molecular weight is 606 g/mol. The number of hydrogen-bond donors (Lipinski definition) is 2. The molecule has 220 valence electrons. The number of carbonyl (C=O) groups excluding carboxylic acids is 2. The summed E-state index contributed by atoms with van der Waals surface area (Å²) in [5, 5.41) is 5.46. The molecule has 40 heavy (non-hydrogen) atoms. The molecule has 9 nitrogen and oxygen atoms in total. The van der Waals surface area contributed by atoms with Gasteiger partial charge in [0.2, 0.25) is 0 Å². The smallest absolute Gasteiger partial charge is 0.280 e. The van der Waals surface area contributed by atoms with Gasteiger partial charge in [0.1, 0.15) is 21.3 Å². The molecule has 2 fully saturated rings. The van der Waals surface area contributed by atoms with E-state index in [1.54, 1.807) is 0 Å². The number of nitrogens with one attached hydrogen (secondary N) is 2. The molecule has 2 saturated heterocycles. The average Bonchev–Trinajstić information content (AvgIpc) is 3.39. The number of hydrogen-bond acceptors (Lipinski definition) is 8. The highest BCUT2D eigenvalue weighted by atomic mass is 32.2. The first-order valence-electron chi connectivity index (χ1n) is 12.7. The van der Waals surface area contributed by atoms with E-state index in [-0.39, 0.29) is 45.6 Å². The predicted molar refractivity (Wildman–Crippen MR) is 143 cm³/mol. The van der Waals surface area contributed by atoms with E-state index in [4.69, 9.17) is 0 Å². The van der Waals surface area contributed by atoms with Crippen molar-refractivity contribution in [3.63, 3.8) is 0 Å². The first kappa shape index (κ1) is 30.2. The molecule has 4 rings (SSSR count). The molecule has 15 heteroatoms. The third-order valence-corrected chi connectivity index (χ3v) is 9.42. The van der Waals surface area contributed by atoms with E-state index in [2.05, 4.69) is 20.6 Å². The molecular weight excluding hydrogens is 574 g/mol. The van der Waals surface area contributed by atoms with Crippen LogP contribution in [0.25, 0.3) is 10.4 Å². The molecule has 0 unspecified atom stereocenters. The molecular formula is C25H31F4N5O4S2. The monoisotopic (exact) mass is 605 g/mol. The Kier molecular flexibility index (Phi) is 8.20. The third-order valence-electron chi connectivity index (χ3n) is 6.62. The normalized spacial score (nSPS) is 21.0. The molecule has 2 aliphatic rings. The number of halogens is 4. The number of nitrogens with zero attached hydrogens (tertiary/aromatic N) is 3. The molecule has 2 aromatic heterocycles. The fourth-order valence-corrected chi connectivity index (χ4v) is 7.22. The van der Waals surface area contributed by atoms with Crippen LogP contribution in [0.15, 0.2) is 12.3 Å². The molecule has 0 aliphatic carbocycles. The predicted octanol–water partition coefficient (Wildman–Crippen LogP) is 4.53. The third kappa shape index (κ3) is 6.90. The van der Waals surface area contributed by atoms with Crippen molar-refractivity contribution >= 4 is 38.8 Å². The van der Waals surface area contributed by atoms with Crippen LogP contribution in [0.2, 0.25) is 0 Å². The van der Waals surface area contributed by atoms with Gasteiger partial charge in [0, 0.05) is 41.4 Å². The minimum Gasteiger partial charge on any atom is -0.365 e. The summed E-state index contributed by atoms with van der Waals surface area (Å²) < 4.78 is 80.2. The summed E-state index contributed by atoms with van der Waals surface area (Å²) in [4.78, 5) is 35.8. The number of pyridine rings is 1. The van der Waals surface area contributed by atoms with E-state index in [0.717, 1.165) is 17.2 Å². The van der Waals surface area contributed by atoms with Crippen LogP contribution in [0, 0.1) is 0 Å². The van der Waals surface area contributed by atoms with E-state index in [0.29, 0.717) is 11.3 Å². The maximum absolute atomic E-state index is 14.3. The van der Waals surface area contributed by atoms with Gasteiger partial charge in [-0.25, -0.2) is 35.9 Å². The van der Waals surface area contributed by atoms with Crippen LogP contribution in [0.5, 0.6) is 0 Å². The standard InChI is InChI=1S/C25H31F4N5O4S2/c1-13-10-25(28,29)12-34(13)23(36)18-19(16-11-30-17(33-24(2,3)4)9-15(16)20(26)27)39-22(32-18)21(35)31-14-5-7-40(37,38)8-6-14/h9,11,13-14,20H,5-8,10,12H2,1-4H3,(H,30,33)(H,31,35)/t13-/m0/s1. The van der Waals surface area contributed by atoms with E-state index in [9.17, 15) is 35.6 Å². The van der Waals surface area contributed by atoms with Crippen LogP contribution in [-0.2, 0) is 9.84 Å². The summed E-state index contributed by atoms with van der Waals surface area (Å²) in [6.07, 6.45) is -2.01. The maximum Gasteiger partial charge on any atom is 0.280 e. The van der Waals surface area contributed by atoms with E-state index in [1.165, 1.54) is 6.92 Å². The first-order valence-corrected chi connectivity index (χ1v) is 15.4. The largest absolute Gasteiger partial charge is 0.365 e. The lowest BCUT2D eigenvalue weighted by molar-refractivity contribution is 0.0118. The van der Waals surface area contributed by atoms with Gasteiger partial charge in [0.25, 0.3) is 24.2 Å². The number of alkyl halides is 4. The Labute approximate surface area is 233 Å². The Balaban J connectivity index is 1.74. The number of carbonyl (C=O) groups is 2. The minimum absolute atomic E-state index is 0.0890. The van der Waals surface area contributed by atoms with Crippen molar-refractivity contribution in [2.24, 2.45) is 0 Å². The molecule has 0 bridgehead atoms. The molecule has 2 aliphatic heterocycles. The van der Waals surface area contributed by atoms with Crippen molar-refractivity contribution in [3.8, 4) is 10.4 Å². The zero-order chi connectivity index (χ0) is 29.6. The highest BCUT2D eigenvalue weighted by Crippen LogP contribution is 2.40. The van der Waals surface area contributed by atoms with Crippen LogP contribution >= 0.6 is 11.3 Å². The number of amides is 2. The lowest BCUT2D eigenvalue weighted by Crippen LogP contribution is -2.41. The zero-order valence-corrected chi connectivity index (χ0v) is 24.1. The number of thiazole rings is 1. The summed E-state index contributed by atoms with van der Waals surface area (Å²) >= 11 is 0.678. The zero-order valence-electron chi connectivity index (χ0n) is 22.4. The van der Waals surface area contributed by atoms with Crippen molar-refractivity contribution in [1.82, 2.24) is 20.2 Å². The van der Waals surface area contributed by atoms with Crippen LogP contribution < -0.4 is 10.6 Å². The van der Waals surface area contributed by atoms with E-state index < -0.39 is 75.8 Å². The van der Waals surface area contributed by atoms with Gasteiger partial charge >= 0.3 is 0 Å². The van der Waals surface area contributed by atoms with Gasteiger partial charge < -0.3 is 15.5 Å².